The SMILES string of the molecule is CCCNC(=O)NC(=O)CN(CC)CCC(=O)OC. The maximum Gasteiger partial charge on any atom is 0.321 e. The number of likely N-dealkylation sites (N-methyl/N-ethyl adjacent to an activating group) is 1. The Balaban J connectivity index is 3.98. The Labute approximate surface area is 113 Å². The average molecular weight is 273 g/mol. The predicted molar refractivity (Wildman–Crippen MR) is 70.6 cm³/mol. The summed E-state index contributed by atoms with van der Waals surface area (Å²) in [6.07, 6.45) is 1.03. The quantitative estimate of drug-likeness (QED) is 0.613. The third kappa shape index (κ3) is 9.01. The van der Waals surface area contributed by atoms with Crippen molar-refractivity contribution in [2.45, 2.75) is 26.7 Å². The number of ether oxygens (including phenoxy) is 1. The molecule has 0 bridgehead atoms. The lowest BCUT2D eigenvalue weighted by molar-refractivity contribution is -0.141. The van der Waals surface area contributed by atoms with Gasteiger partial charge in [0.05, 0.1) is 20.1 Å². The van der Waals surface area contributed by atoms with Crippen LogP contribution in [0.25, 0.3) is 0 Å². The van der Waals surface area contributed by atoms with Crippen molar-refractivity contribution < 1.29 is 19.1 Å². The Morgan fingerprint density at radius 2 is 1.89 bits per heavy atom. The van der Waals surface area contributed by atoms with Crippen LogP contribution in [0.5, 0.6) is 0 Å². The molecule has 3 amide bonds. The van der Waals surface area contributed by atoms with E-state index in [0.29, 0.717) is 19.6 Å². The number of rotatable bonds is 8. The molecule has 0 aromatic rings. The van der Waals surface area contributed by atoms with Gasteiger partial charge < -0.3 is 10.1 Å². The predicted octanol–water partition coefficient (Wildman–Crippen LogP) is 0.107. The molecule has 0 aromatic heterocycles. The molecule has 0 aromatic carbocycles. The fourth-order valence-corrected chi connectivity index (χ4v) is 1.35. The van der Waals surface area contributed by atoms with Gasteiger partial charge >= 0.3 is 12.0 Å². The Kier molecular flexibility index (Phi) is 9.42. The number of esters is 1. The second-order valence-corrected chi connectivity index (χ2v) is 4.00. The first kappa shape index (κ1) is 17.4. The fraction of sp³-hybridized carbons (Fsp3) is 0.750. The molecule has 0 spiro atoms. The van der Waals surface area contributed by atoms with Gasteiger partial charge in [0, 0.05) is 13.1 Å². The molecule has 19 heavy (non-hydrogen) atoms. The number of urea groups is 1. The third-order valence-electron chi connectivity index (χ3n) is 2.46. The molecule has 0 aliphatic carbocycles. The monoisotopic (exact) mass is 273 g/mol. The minimum absolute atomic E-state index is 0.0764. The molecule has 0 fully saturated rings. The van der Waals surface area contributed by atoms with E-state index in [2.05, 4.69) is 15.4 Å². The Hall–Kier alpha value is -1.63. The second kappa shape index (κ2) is 10.3. The van der Waals surface area contributed by atoms with E-state index in [0.717, 1.165) is 6.42 Å². The summed E-state index contributed by atoms with van der Waals surface area (Å²) in [5.41, 5.74) is 0. The van der Waals surface area contributed by atoms with E-state index < -0.39 is 6.03 Å². The van der Waals surface area contributed by atoms with E-state index in [9.17, 15) is 14.4 Å². The summed E-state index contributed by atoms with van der Waals surface area (Å²) in [5.74, 6) is -0.708. The van der Waals surface area contributed by atoms with Crippen molar-refractivity contribution in [3.63, 3.8) is 0 Å². The molecule has 0 aliphatic heterocycles. The number of hydrogen-bond acceptors (Lipinski definition) is 5. The zero-order valence-corrected chi connectivity index (χ0v) is 11.8. The van der Waals surface area contributed by atoms with Gasteiger partial charge in [-0.3, -0.25) is 19.8 Å². The van der Waals surface area contributed by atoms with Crippen LogP contribution in [-0.4, -0.2) is 56.1 Å². The average Bonchev–Trinajstić information content (AvgIpc) is 2.40. The first-order valence-corrected chi connectivity index (χ1v) is 6.40. The summed E-state index contributed by atoms with van der Waals surface area (Å²) < 4.78 is 4.53. The molecule has 110 valence electrons. The molecular formula is C12H23N3O4. The van der Waals surface area contributed by atoms with E-state index >= 15 is 0 Å². The Morgan fingerprint density at radius 3 is 2.42 bits per heavy atom. The van der Waals surface area contributed by atoms with Gasteiger partial charge in [-0.1, -0.05) is 13.8 Å². The fourth-order valence-electron chi connectivity index (χ4n) is 1.35. The van der Waals surface area contributed by atoms with Gasteiger partial charge in [-0.15, -0.1) is 0 Å². The first-order valence-electron chi connectivity index (χ1n) is 6.40. The van der Waals surface area contributed by atoms with Crippen molar-refractivity contribution in [2.75, 3.05) is 33.3 Å². The van der Waals surface area contributed by atoms with Crippen molar-refractivity contribution in [2.24, 2.45) is 0 Å². The highest BCUT2D eigenvalue weighted by Gasteiger charge is 2.13. The highest BCUT2D eigenvalue weighted by atomic mass is 16.5. The molecule has 0 aliphatic rings. The third-order valence-corrected chi connectivity index (χ3v) is 2.46. The molecule has 0 radical (unpaired) electrons. The zero-order chi connectivity index (χ0) is 14.7. The zero-order valence-electron chi connectivity index (χ0n) is 11.8. The molecule has 0 unspecified atom stereocenters. The van der Waals surface area contributed by atoms with Crippen LogP contribution in [0.15, 0.2) is 0 Å². The van der Waals surface area contributed by atoms with Crippen LogP contribution in [0.3, 0.4) is 0 Å². The number of carbonyl (C=O) groups excluding carboxylic acids is 3. The van der Waals surface area contributed by atoms with Gasteiger partial charge in [-0.25, -0.2) is 4.79 Å². The smallest absolute Gasteiger partial charge is 0.321 e. The number of methoxy groups -OCH3 is 1. The van der Waals surface area contributed by atoms with Crippen molar-refractivity contribution in [1.82, 2.24) is 15.5 Å². The number of imide groups is 1. The molecule has 2 N–H and O–H groups in total. The molecule has 0 atom stereocenters. The van der Waals surface area contributed by atoms with E-state index in [1.807, 2.05) is 13.8 Å². The van der Waals surface area contributed by atoms with E-state index in [1.165, 1.54) is 7.11 Å². The van der Waals surface area contributed by atoms with Crippen molar-refractivity contribution in [3.05, 3.63) is 0 Å². The number of amides is 3. The highest BCUT2D eigenvalue weighted by Crippen LogP contribution is 1.93. The summed E-state index contributed by atoms with van der Waals surface area (Å²) >= 11 is 0. The van der Waals surface area contributed by atoms with Crippen LogP contribution >= 0.6 is 0 Å². The maximum atomic E-state index is 11.6. The lowest BCUT2D eigenvalue weighted by atomic mass is 10.3. The van der Waals surface area contributed by atoms with E-state index in [-0.39, 0.29) is 24.8 Å². The Bertz CT molecular complexity index is 307. The molecule has 0 saturated heterocycles. The van der Waals surface area contributed by atoms with E-state index in [1.54, 1.807) is 4.90 Å². The molecule has 0 saturated carbocycles. The normalized spacial score (nSPS) is 10.1. The van der Waals surface area contributed by atoms with Crippen LogP contribution in [-0.2, 0) is 14.3 Å². The number of nitrogens with zero attached hydrogens (tertiary/aromatic N) is 1. The number of carbonyl (C=O) groups is 3. The van der Waals surface area contributed by atoms with Crippen LogP contribution in [0.2, 0.25) is 0 Å². The Morgan fingerprint density at radius 1 is 1.21 bits per heavy atom. The van der Waals surface area contributed by atoms with Gasteiger partial charge in [0.1, 0.15) is 0 Å². The summed E-state index contributed by atoms with van der Waals surface area (Å²) in [4.78, 5) is 35.6. The van der Waals surface area contributed by atoms with E-state index in [4.69, 9.17) is 0 Å². The minimum atomic E-state index is -0.490. The summed E-state index contributed by atoms with van der Waals surface area (Å²) in [5, 5.41) is 4.78. The van der Waals surface area contributed by atoms with Crippen molar-refractivity contribution in [3.8, 4) is 0 Å². The largest absolute Gasteiger partial charge is 0.469 e. The molecule has 7 heteroatoms. The van der Waals surface area contributed by atoms with Gasteiger partial charge in [-0.2, -0.15) is 0 Å². The van der Waals surface area contributed by atoms with Gasteiger partial charge in [0.25, 0.3) is 0 Å². The summed E-state index contributed by atoms with van der Waals surface area (Å²) in [7, 11) is 1.32. The lowest BCUT2D eigenvalue weighted by Gasteiger charge is -2.18. The molecular weight excluding hydrogens is 250 g/mol. The van der Waals surface area contributed by atoms with Crippen LogP contribution in [0, 0.1) is 0 Å². The van der Waals surface area contributed by atoms with Crippen LogP contribution in [0.4, 0.5) is 4.79 Å². The molecule has 0 rings (SSSR count). The second-order valence-electron chi connectivity index (χ2n) is 4.00. The molecule has 0 heterocycles. The van der Waals surface area contributed by atoms with Gasteiger partial charge in [0.2, 0.25) is 5.91 Å². The summed E-state index contributed by atoms with van der Waals surface area (Å²) in [6.45, 7) is 5.44. The number of hydrogen-bond donors (Lipinski definition) is 2. The topological polar surface area (TPSA) is 87.7 Å². The maximum absolute atomic E-state index is 11.6. The highest BCUT2D eigenvalue weighted by molar-refractivity contribution is 5.95. The van der Waals surface area contributed by atoms with Crippen molar-refractivity contribution >= 4 is 17.9 Å². The van der Waals surface area contributed by atoms with Crippen molar-refractivity contribution in [1.29, 1.82) is 0 Å². The standard InChI is InChI=1S/C12H23N3O4/c1-4-7-13-12(18)14-10(16)9-15(5-2)8-6-11(17)19-3/h4-9H2,1-3H3,(H2,13,14,16,18). The van der Waals surface area contributed by atoms with Crippen LogP contribution < -0.4 is 10.6 Å². The minimum Gasteiger partial charge on any atom is -0.469 e. The lowest BCUT2D eigenvalue weighted by Crippen LogP contribution is -2.45. The number of nitrogens with one attached hydrogen (secondary N) is 2. The van der Waals surface area contributed by atoms with Gasteiger partial charge in [-0.05, 0) is 13.0 Å². The molecule has 7 nitrogen and oxygen atoms in total. The van der Waals surface area contributed by atoms with Crippen LogP contribution in [0.1, 0.15) is 26.7 Å². The first-order chi connectivity index (χ1) is 9.03. The summed E-state index contributed by atoms with van der Waals surface area (Å²) in [6, 6.07) is -0.490. The van der Waals surface area contributed by atoms with Gasteiger partial charge in [0.15, 0.2) is 0 Å².